The lowest BCUT2D eigenvalue weighted by molar-refractivity contribution is -0.115. The molecule has 0 fully saturated rings. The molecule has 98 valence electrons. The molecule has 18 heavy (non-hydrogen) atoms. The summed E-state index contributed by atoms with van der Waals surface area (Å²) in [6.07, 6.45) is 0.742. The standard InChI is InChI=1S/C13H18N2O2S/c1-9-13(17)14-11-8-10(4-5-12(11)18-9)15(2)6-3-7-16/h4-5,8-9,16H,3,6-7H2,1-2H3,(H,14,17). The summed E-state index contributed by atoms with van der Waals surface area (Å²) in [6, 6.07) is 6.08. The zero-order valence-electron chi connectivity index (χ0n) is 10.6. The Morgan fingerprint density at radius 1 is 1.50 bits per heavy atom. The van der Waals surface area contributed by atoms with Crippen LogP contribution < -0.4 is 10.2 Å². The Morgan fingerprint density at radius 3 is 3.00 bits per heavy atom. The van der Waals surface area contributed by atoms with Crippen molar-refractivity contribution in [2.75, 3.05) is 30.4 Å². The molecule has 1 amide bonds. The van der Waals surface area contributed by atoms with E-state index in [1.807, 2.05) is 32.2 Å². The topological polar surface area (TPSA) is 52.6 Å². The van der Waals surface area contributed by atoms with Crippen LogP contribution in [0.4, 0.5) is 11.4 Å². The molecule has 1 aromatic rings. The van der Waals surface area contributed by atoms with Gasteiger partial charge in [0, 0.05) is 30.8 Å². The molecule has 1 heterocycles. The van der Waals surface area contributed by atoms with E-state index in [2.05, 4.69) is 10.2 Å². The summed E-state index contributed by atoms with van der Waals surface area (Å²) in [4.78, 5) is 14.8. The molecule has 2 N–H and O–H groups in total. The van der Waals surface area contributed by atoms with E-state index in [9.17, 15) is 4.79 Å². The number of carbonyl (C=O) groups is 1. The summed E-state index contributed by atoms with van der Waals surface area (Å²) in [7, 11) is 1.98. The number of thioether (sulfide) groups is 1. The molecule has 1 unspecified atom stereocenters. The van der Waals surface area contributed by atoms with Gasteiger partial charge in [-0.1, -0.05) is 0 Å². The third-order valence-corrected chi connectivity index (χ3v) is 4.16. The van der Waals surface area contributed by atoms with Crippen molar-refractivity contribution in [2.24, 2.45) is 0 Å². The number of fused-ring (bicyclic) bond motifs is 1. The third-order valence-electron chi connectivity index (χ3n) is 2.99. The zero-order valence-corrected chi connectivity index (χ0v) is 11.5. The molecule has 1 aliphatic rings. The summed E-state index contributed by atoms with van der Waals surface area (Å²) in [5, 5.41) is 11.7. The van der Waals surface area contributed by atoms with Gasteiger partial charge < -0.3 is 15.3 Å². The highest BCUT2D eigenvalue weighted by Gasteiger charge is 2.23. The van der Waals surface area contributed by atoms with Gasteiger partial charge in [0.05, 0.1) is 10.9 Å². The van der Waals surface area contributed by atoms with E-state index < -0.39 is 0 Å². The van der Waals surface area contributed by atoms with Gasteiger partial charge in [-0.15, -0.1) is 11.8 Å². The van der Waals surface area contributed by atoms with Crippen molar-refractivity contribution in [1.82, 2.24) is 0 Å². The van der Waals surface area contributed by atoms with Crippen LogP contribution in [0.3, 0.4) is 0 Å². The number of hydrogen-bond donors (Lipinski definition) is 2. The van der Waals surface area contributed by atoms with Crippen LogP contribution in [-0.4, -0.2) is 36.5 Å². The maximum Gasteiger partial charge on any atom is 0.237 e. The van der Waals surface area contributed by atoms with Gasteiger partial charge in [0.25, 0.3) is 0 Å². The van der Waals surface area contributed by atoms with Gasteiger partial charge >= 0.3 is 0 Å². The van der Waals surface area contributed by atoms with Crippen molar-refractivity contribution >= 4 is 29.0 Å². The van der Waals surface area contributed by atoms with E-state index in [4.69, 9.17) is 5.11 Å². The van der Waals surface area contributed by atoms with Crippen molar-refractivity contribution in [3.8, 4) is 0 Å². The second-order valence-electron chi connectivity index (χ2n) is 4.43. The number of amides is 1. The summed E-state index contributed by atoms with van der Waals surface area (Å²) in [5.41, 5.74) is 1.94. The molecular weight excluding hydrogens is 248 g/mol. The number of benzene rings is 1. The fraction of sp³-hybridized carbons (Fsp3) is 0.462. The SMILES string of the molecule is CC1Sc2ccc(N(C)CCCO)cc2NC1=O. The van der Waals surface area contributed by atoms with Crippen molar-refractivity contribution in [2.45, 2.75) is 23.5 Å². The predicted octanol–water partition coefficient (Wildman–Crippen LogP) is 1.94. The number of nitrogens with zero attached hydrogens (tertiary/aromatic N) is 1. The zero-order chi connectivity index (χ0) is 13.1. The Balaban J connectivity index is 2.17. The highest BCUT2D eigenvalue weighted by atomic mass is 32.2. The van der Waals surface area contributed by atoms with Crippen molar-refractivity contribution in [1.29, 1.82) is 0 Å². The molecule has 0 radical (unpaired) electrons. The van der Waals surface area contributed by atoms with Crippen molar-refractivity contribution in [3.63, 3.8) is 0 Å². The monoisotopic (exact) mass is 266 g/mol. The molecule has 1 atom stereocenters. The predicted molar refractivity (Wildman–Crippen MR) is 75.4 cm³/mol. The Hall–Kier alpha value is -1.20. The average molecular weight is 266 g/mol. The molecule has 1 aromatic carbocycles. The fourth-order valence-electron chi connectivity index (χ4n) is 1.87. The first-order chi connectivity index (χ1) is 8.61. The normalized spacial score (nSPS) is 18.2. The molecule has 0 saturated heterocycles. The summed E-state index contributed by atoms with van der Waals surface area (Å²) < 4.78 is 0. The summed E-state index contributed by atoms with van der Waals surface area (Å²) in [5.74, 6) is 0.0580. The first-order valence-corrected chi connectivity index (χ1v) is 6.93. The first-order valence-electron chi connectivity index (χ1n) is 6.05. The van der Waals surface area contributed by atoms with Gasteiger partial charge in [-0.2, -0.15) is 0 Å². The molecule has 5 heteroatoms. The van der Waals surface area contributed by atoms with Crippen LogP contribution in [0.2, 0.25) is 0 Å². The molecule has 1 aliphatic heterocycles. The molecule has 0 bridgehead atoms. The van der Waals surface area contributed by atoms with E-state index in [1.54, 1.807) is 11.8 Å². The van der Waals surface area contributed by atoms with Gasteiger partial charge in [0.15, 0.2) is 0 Å². The highest BCUT2D eigenvalue weighted by Crippen LogP contribution is 2.37. The van der Waals surface area contributed by atoms with Crippen molar-refractivity contribution < 1.29 is 9.90 Å². The summed E-state index contributed by atoms with van der Waals surface area (Å²) in [6.45, 7) is 2.90. The minimum atomic E-state index is -0.0320. The van der Waals surface area contributed by atoms with E-state index in [0.717, 1.165) is 29.2 Å². The molecule has 4 nitrogen and oxygen atoms in total. The minimum absolute atomic E-state index is 0.0320. The number of anilines is 2. The second kappa shape index (κ2) is 5.63. The average Bonchev–Trinajstić information content (AvgIpc) is 2.36. The fourth-order valence-corrected chi connectivity index (χ4v) is 2.80. The Morgan fingerprint density at radius 2 is 2.28 bits per heavy atom. The van der Waals surface area contributed by atoms with E-state index in [1.165, 1.54) is 0 Å². The number of carbonyl (C=O) groups excluding carboxylic acids is 1. The highest BCUT2D eigenvalue weighted by molar-refractivity contribution is 8.00. The van der Waals surface area contributed by atoms with Crippen LogP contribution in [0, 0.1) is 0 Å². The van der Waals surface area contributed by atoms with Crippen LogP contribution in [0.5, 0.6) is 0 Å². The largest absolute Gasteiger partial charge is 0.396 e. The number of rotatable bonds is 4. The lowest BCUT2D eigenvalue weighted by Gasteiger charge is -2.25. The lowest BCUT2D eigenvalue weighted by atomic mass is 10.2. The van der Waals surface area contributed by atoms with Gasteiger partial charge in [0.1, 0.15) is 0 Å². The quantitative estimate of drug-likeness (QED) is 0.874. The maximum atomic E-state index is 11.6. The molecule has 0 aliphatic carbocycles. The molecule has 0 aromatic heterocycles. The Kier molecular flexibility index (Phi) is 4.14. The van der Waals surface area contributed by atoms with Crippen LogP contribution in [0.1, 0.15) is 13.3 Å². The Labute approximate surface area is 111 Å². The summed E-state index contributed by atoms with van der Waals surface area (Å²) >= 11 is 1.59. The number of hydrogen-bond acceptors (Lipinski definition) is 4. The smallest absolute Gasteiger partial charge is 0.237 e. The van der Waals surface area contributed by atoms with E-state index >= 15 is 0 Å². The molecule has 0 spiro atoms. The van der Waals surface area contributed by atoms with Gasteiger partial charge in [-0.3, -0.25) is 4.79 Å². The molecule has 2 rings (SSSR count). The van der Waals surface area contributed by atoms with Crippen LogP contribution >= 0.6 is 11.8 Å². The molecule has 0 saturated carbocycles. The molecular formula is C13H18N2O2S. The number of nitrogens with one attached hydrogen (secondary N) is 1. The van der Waals surface area contributed by atoms with Crippen LogP contribution in [0.25, 0.3) is 0 Å². The lowest BCUT2D eigenvalue weighted by Crippen LogP contribution is -2.27. The van der Waals surface area contributed by atoms with Crippen LogP contribution in [0.15, 0.2) is 23.1 Å². The first kappa shape index (κ1) is 13.2. The number of aliphatic hydroxyl groups excluding tert-OH is 1. The van der Waals surface area contributed by atoms with E-state index in [0.29, 0.717) is 0 Å². The van der Waals surface area contributed by atoms with Gasteiger partial charge in [-0.25, -0.2) is 0 Å². The van der Waals surface area contributed by atoms with Crippen LogP contribution in [-0.2, 0) is 4.79 Å². The van der Waals surface area contributed by atoms with Gasteiger partial charge in [0.2, 0.25) is 5.91 Å². The maximum absolute atomic E-state index is 11.6. The van der Waals surface area contributed by atoms with Crippen molar-refractivity contribution in [3.05, 3.63) is 18.2 Å². The third kappa shape index (κ3) is 2.79. The van der Waals surface area contributed by atoms with E-state index in [-0.39, 0.29) is 17.8 Å². The second-order valence-corrected chi connectivity index (χ2v) is 5.81. The number of aliphatic hydroxyl groups is 1. The van der Waals surface area contributed by atoms with Gasteiger partial charge in [-0.05, 0) is 31.5 Å². The Bertz CT molecular complexity index is 451. The minimum Gasteiger partial charge on any atom is -0.396 e.